The van der Waals surface area contributed by atoms with Crippen molar-refractivity contribution in [3.05, 3.63) is 48.5 Å². The van der Waals surface area contributed by atoms with Gasteiger partial charge in [0.25, 0.3) is 0 Å². The maximum atomic E-state index is 10.1. The summed E-state index contributed by atoms with van der Waals surface area (Å²) in [5, 5.41) is 19.1. The number of fused-ring (bicyclic) bond motifs is 1. The second kappa shape index (κ2) is 8.62. The summed E-state index contributed by atoms with van der Waals surface area (Å²) in [4.78, 5) is 1.59. The van der Waals surface area contributed by atoms with Crippen LogP contribution in [0.3, 0.4) is 0 Å². The first kappa shape index (κ1) is 17.4. The molecule has 1 unspecified atom stereocenters. The first-order chi connectivity index (χ1) is 12.3. The van der Waals surface area contributed by atoms with E-state index in [1.165, 1.54) is 12.8 Å². The number of aliphatic hydroxyl groups excluding tert-OH is 1. The molecule has 132 valence electrons. The number of nitrogens with zero attached hydrogens (tertiary/aromatic N) is 3. The van der Waals surface area contributed by atoms with Gasteiger partial charge in [0.2, 0.25) is 0 Å². The number of hydrogen-bond donors (Lipinski definition) is 1. The molecule has 0 saturated carbocycles. The fourth-order valence-electron chi connectivity index (χ4n) is 2.79. The molecule has 1 N–H and O–H groups in total. The van der Waals surface area contributed by atoms with Crippen molar-refractivity contribution in [2.24, 2.45) is 0 Å². The molecule has 0 aliphatic heterocycles. The third kappa shape index (κ3) is 4.57. The van der Waals surface area contributed by atoms with Gasteiger partial charge in [0, 0.05) is 0 Å². The molecule has 0 fully saturated rings. The van der Waals surface area contributed by atoms with Crippen molar-refractivity contribution in [1.82, 2.24) is 15.0 Å². The SMILES string of the molecule is CCCCCCC(O)COc1ccccc1-n1nc2ccccc2n1. The molecule has 1 heterocycles. The quantitative estimate of drug-likeness (QED) is 0.596. The Bertz CT molecular complexity index is 767. The van der Waals surface area contributed by atoms with E-state index in [2.05, 4.69) is 17.1 Å². The van der Waals surface area contributed by atoms with Crippen molar-refractivity contribution < 1.29 is 9.84 Å². The molecule has 0 saturated heterocycles. The smallest absolute Gasteiger partial charge is 0.146 e. The van der Waals surface area contributed by atoms with Crippen LogP contribution in [0.25, 0.3) is 16.7 Å². The zero-order valence-corrected chi connectivity index (χ0v) is 14.6. The minimum absolute atomic E-state index is 0.282. The van der Waals surface area contributed by atoms with E-state index in [9.17, 15) is 5.11 Å². The van der Waals surface area contributed by atoms with Crippen molar-refractivity contribution in [3.8, 4) is 11.4 Å². The summed E-state index contributed by atoms with van der Waals surface area (Å²) in [6, 6.07) is 15.4. The van der Waals surface area contributed by atoms with Gasteiger partial charge in [0.05, 0.1) is 6.10 Å². The van der Waals surface area contributed by atoms with E-state index >= 15 is 0 Å². The van der Waals surface area contributed by atoms with E-state index in [1.807, 2.05) is 48.5 Å². The van der Waals surface area contributed by atoms with Crippen LogP contribution in [0.1, 0.15) is 39.0 Å². The molecule has 0 aliphatic carbocycles. The average Bonchev–Trinajstić information content (AvgIpc) is 3.08. The van der Waals surface area contributed by atoms with Crippen LogP contribution in [-0.2, 0) is 0 Å². The normalized spacial score (nSPS) is 12.4. The number of unbranched alkanes of at least 4 members (excludes halogenated alkanes) is 3. The van der Waals surface area contributed by atoms with Gasteiger partial charge in [-0.3, -0.25) is 0 Å². The minimum Gasteiger partial charge on any atom is -0.489 e. The first-order valence-corrected chi connectivity index (χ1v) is 9.00. The largest absolute Gasteiger partial charge is 0.489 e. The van der Waals surface area contributed by atoms with Gasteiger partial charge in [-0.1, -0.05) is 56.9 Å². The molecule has 0 bridgehead atoms. The molecule has 5 heteroatoms. The maximum absolute atomic E-state index is 10.1. The molecule has 25 heavy (non-hydrogen) atoms. The third-order valence-electron chi connectivity index (χ3n) is 4.19. The summed E-state index contributed by atoms with van der Waals surface area (Å²) < 4.78 is 5.86. The molecule has 0 spiro atoms. The van der Waals surface area contributed by atoms with Gasteiger partial charge >= 0.3 is 0 Å². The average molecular weight is 339 g/mol. The number of hydrogen-bond acceptors (Lipinski definition) is 4. The molecule has 3 aromatic rings. The first-order valence-electron chi connectivity index (χ1n) is 9.00. The van der Waals surface area contributed by atoms with Gasteiger partial charge in [-0.15, -0.1) is 15.0 Å². The lowest BCUT2D eigenvalue weighted by molar-refractivity contribution is 0.0973. The highest BCUT2D eigenvalue weighted by molar-refractivity contribution is 5.73. The molecule has 0 aliphatic rings. The lowest BCUT2D eigenvalue weighted by Gasteiger charge is -2.14. The van der Waals surface area contributed by atoms with Crippen molar-refractivity contribution in [3.63, 3.8) is 0 Å². The summed E-state index contributed by atoms with van der Waals surface area (Å²) in [6.07, 6.45) is 4.93. The Hall–Kier alpha value is -2.40. The molecule has 0 radical (unpaired) electrons. The van der Waals surface area contributed by atoms with Gasteiger partial charge in [-0.05, 0) is 30.7 Å². The molecular formula is C20H25N3O2. The van der Waals surface area contributed by atoms with Gasteiger partial charge < -0.3 is 9.84 Å². The van der Waals surface area contributed by atoms with Crippen LogP contribution in [0.15, 0.2) is 48.5 Å². The Morgan fingerprint density at radius 2 is 1.64 bits per heavy atom. The van der Waals surface area contributed by atoms with Crippen LogP contribution in [0.2, 0.25) is 0 Å². The second-order valence-electron chi connectivity index (χ2n) is 6.26. The summed E-state index contributed by atoms with van der Waals surface area (Å²) in [6.45, 7) is 2.47. The third-order valence-corrected chi connectivity index (χ3v) is 4.19. The number of ether oxygens (including phenoxy) is 1. The predicted molar refractivity (Wildman–Crippen MR) is 99.1 cm³/mol. The Kier molecular flexibility index (Phi) is 6.01. The molecule has 5 nitrogen and oxygen atoms in total. The lowest BCUT2D eigenvalue weighted by Crippen LogP contribution is -2.18. The van der Waals surface area contributed by atoms with E-state index in [1.54, 1.807) is 4.80 Å². The number of rotatable bonds is 9. The van der Waals surface area contributed by atoms with E-state index in [-0.39, 0.29) is 6.61 Å². The molecule has 3 rings (SSSR count). The van der Waals surface area contributed by atoms with Crippen LogP contribution in [0.5, 0.6) is 5.75 Å². The second-order valence-corrected chi connectivity index (χ2v) is 6.26. The predicted octanol–water partition coefficient (Wildman–Crippen LogP) is 4.13. The fourth-order valence-corrected chi connectivity index (χ4v) is 2.79. The van der Waals surface area contributed by atoms with E-state index in [0.29, 0.717) is 5.75 Å². The molecule has 1 aromatic heterocycles. The monoisotopic (exact) mass is 339 g/mol. The summed E-state index contributed by atoms with van der Waals surface area (Å²) in [5.74, 6) is 0.676. The highest BCUT2D eigenvalue weighted by Gasteiger charge is 2.11. The number of aliphatic hydroxyl groups is 1. The zero-order valence-electron chi connectivity index (χ0n) is 14.6. The summed E-state index contributed by atoms with van der Waals surface area (Å²) >= 11 is 0. The van der Waals surface area contributed by atoms with E-state index < -0.39 is 6.10 Å². The Balaban J connectivity index is 1.67. The van der Waals surface area contributed by atoms with E-state index in [0.717, 1.165) is 36.0 Å². The van der Waals surface area contributed by atoms with Gasteiger partial charge in [-0.2, -0.15) is 0 Å². The van der Waals surface area contributed by atoms with Crippen molar-refractivity contribution in [1.29, 1.82) is 0 Å². The Morgan fingerprint density at radius 3 is 2.36 bits per heavy atom. The van der Waals surface area contributed by atoms with Crippen LogP contribution in [0.4, 0.5) is 0 Å². The highest BCUT2D eigenvalue weighted by atomic mass is 16.5. The van der Waals surface area contributed by atoms with Crippen LogP contribution in [0, 0.1) is 0 Å². The Morgan fingerprint density at radius 1 is 0.960 bits per heavy atom. The fraction of sp³-hybridized carbons (Fsp3) is 0.400. The summed E-state index contributed by atoms with van der Waals surface area (Å²) in [5.41, 5.74) is 2.46. The van der Waals surface area contributed by atoms with Crippen molar-refractivity contribution >= 4 is 11.0 Å². The summed E-state index contributed by atoms with van der Waals surface area (Å²) in [7, 11) is 0. The molecule has 1 atom stereocenters. The lowest BCUT2D eigenvalue weighted by atomic mass is 10.1. The standard InChI is InChI=1S/C20H25N3O2/c1-2-3-4-5-10-16(24)15-25-20-14-9-8-13-19(20)23-21-17-11-6-7-12-18(17)22-23/h6-9,11-14,16,24H,2-5,10,15H2,1H3. The zero-order chi connectivity index (χ0) is 17.5. The van der Waals surface area contributed by atoms with Crippen LogP contribution in [-0.4, -0.2) is 32.8 Å². The topological polar surface area (TPSA) is 60.2 Å². The van der Waals surface area contributed by atoms with Gasteiger partial charge in [0.15, 0.2) is 0 Å². The number of aromatic nitrogens is 3. The van der Waals surface area contributed by atoms with Crippen LogP contribution >= 0.6 is 0 Å². The van der Waals surface area contributed by atoms with E-state index in [4.69, 9.17) is 4.74 Å². The van der Waals surface area contributed by atoms with Gasteiger partial charge in [-0.25, -0.2) is 0 Å². The highest BCUT2D eigenvalue weighted by Crippen LogP contribution is 2.23. The molecule has 0 amide bonds. The molecule has 2 aromatic carbocycles. The van der Waals surface area contributed by atoms with Crippen molar-refractivity contribution in [2.75, 3.05) is 6.61 Å². The number of para-hydroxylation sites is 2. The Labute approximate surface area is 148 Å². The van der Waals surface area contributed by atoms with Crippen molar-refractivity contribution in [2.45, 2.75) is 45.1 Å². The maximum Gasteiger partial charge on any atom is 0.146 e. The number of benzene rings is 2. The van der Waals surface area contributed by atoms with Crippen LogP contribution < -0.4 is 4.74 Å². The molecular weight excluding hydrogens is 314 g/mol. The van der Waals surface area contributed by atoms with Gasteiger partial charge in [0.1, 0.15) is 29.1 Å². The minimum atomic E-state index is -0.449.